The molecule has 1 aromatic carbocycles. The minimum absolute atomic E-state index is 0.248. The first-order chi connectivity index (χ1) is 9.06. The highest BCUT2D eigenvalue weighted by atomic mass is 35.5. The van der Waals surface area contributed by atoms with Crippen molar-refractivity contribution in [3.8, 4) is 11.4 Å². The monoisotopic (exact) mass is 279 g/mol. The molecule has 2 aromatic rings. The Balaban J connectivity index is 2.14. The molecule has 1 aromatic heterocycles. The van der Waals surface area contributed by atoms with Crippen molar-refractivity contribution in [3.05, 3.63) is 35.2 Å². The normalized spacial score (nSPS) is 11.6. The predicted molar refractivity (Wildman–Crippen MR) is 73.8 cm³/mol. The van der Waals surface area contributed by atoms with Gasteiger partial charge in [-0.25, -0.2) is 4.99 Å². The summed E-state index contributed by atoms with van der Waals surface area (Å²) in [4.78, 5) is 10.1. The fourth-order valence-corrected chi connectivity index (χ4v) is 1.54. The van der Waals surface area contributed by atoms with E-state index in [-0.39, 0.29) is 6.54 Å². The van der Waals surface area contributed by atoms with Gasteiger partial charge in [0.15, 0.2) is 5.96 Å². The third-order valence-corrected chi connectivity index (χ3v) is 2.62. The van der Waals surface area contributed by atoms with E-state index in [1.54, 1.807) is 17.0 Å². The summed E-state index contributed by atoms with van der Waals surface area (Å²) in [5.41, 5.74) is 6.47. The Labute approximate surface area is 115 Å². The number of guanidine groups is 1. The van der Waals surface area contributed by atoms with Crippen molar-refractivity contribution in [1.82, 2.24) is 15.0 Å². The molecule has 0 unspecified atom stereocenters. The lowest BCUT2D eigenvalue weighted by Crippen LogP contribution is -2.30. The van der Waals surface area contributed by atoms with E-state index in [0.29, 0.717) is 22.7 Å². The van der Waals surface area contributed by atoms with Crippen LogP contribution in [0.1, 0.15) is 5.89 Å². The third kappa shape index (κ3) is 3.45. The molecule has 0 saturated heterocycles. The number of rotatable bonds is 3. The van der Waals surface area contributed by atoms with Crippen molar-refractivity contribution >= 4 is 17.6 Å². The van der Waals surface area contributed by atoms with Gasteiger partial charge in [-0.15, -0.1) is 0 Å². The summed E-state index contributed by atoms with van der Waals surface area (Å²) in [7, 11) is 3.62. The van der Waals surface area contributed by atoms with Crippen LogP contribution in [0.3, 0.4) is 0 Å². The molecule has 6 nitrogen and oxygen atoms in total. The van der Waals surface area contributed by atoms with Crippen molar-refractivity contribution in [2.75, 3.05) is 14.1 Å². The van der Waals surface area contributed by atoms with E-state index >= 15 is 0 Å². The van der Waals surface area contributed by atoms with E-state index < -0.39 is 0 Å². The molecule has 1 heterocycles. The van der Waals surface area contributed by atoms with Gasteiger partial charge in [-0.2, -0.15) is 4.98 Å². The average molecular weight is 280 g/mol. The molecule has 0 bridgehead atoms. The Morgan fingerprint density at radius 2 is 2.26 bits per heavy atom. The van der Waals surface area contributed by atoms with Crippen LogP contribution in [0.25, 0.3) is 11.4 Å². The summed E-state index contributed by atoms with van der Waals surface area (Å²) in [6, 6.07) is 7.25. The van der Waals surface area contributed by atoms with Crippen LogP contribution in [-0.2, 0) is 6.54 Å². The molecular weight excluding hydrogens is 266 g/mol. The second-order valence-electron chi connectivity index (χ2n) is 4.09. The molecule has 0 radical (unpaired) electrons. The first-order valence-corrected chi connectivity index (χ1v) is 6.00. The molecule has 0 fully saturated rings. The van der Waals surface area contributed by atoms with E-state index in [2.05, 4.69) is 15.1 Å². The maximum atomic E-state index is 5.91. The van der Waals surface area contributed by atoms with Crippen molar-refractivity contribution in [2.45, 2.75) is 6.54 Å². The Kier molecular flexibility index (Phi) is 4.01. The maximum Gasteiger partial charge on any atom is 0.248 e. The number of aromatic nitrogens is 2. The van der Waals surface area contributed by atoms with Crippen molar-refractivity contribution < 1.29 is 4.52 Å². The first-order valence-electron chi connectivity index (χ1n) is 5.62. The van der Waals surface area contributed by atoms with Gasteiger partial charge in [0.05, 0.1) is 0 Å². The minimum atomic E-state index is 0.248. The summed E-state index contributed by atoms with van der Waals surface area (Å²) in [6.45, 7) is 0.248. The van der Waals surface area contributed by atoms with Gasteiger partial charge in [0, 0.05) is 24.7 Å². The lowest BCUT2D eigenvalue weighted by atomic mass is 10.2. The summed E-state index contributed by atoms with van der Waals surface area (Å²) in [5.74, 6) is 1.29. The molecule has 2 N–H and O–H groups in total. The molecule has 19 heavy (non-hydrogen) atoms. The highest BCUT2D eigenvalue weighted by Gasteiger charge is 2.08. The van der Waals surface area contributed by atoms with Crippen LogP contribution in [0.5, 0.6) is 0 Å². The molecule has 0 spiro atoms. The van der Waals surface area contributed by atoms with Gasteiger partial charge in [0.25, 0.3) is 0 Å². The van der Waals surface area contributed by atoms with Gasteiger partial charge in [-0.1, -0.05) is 28.9 Å². The number of nitrogens with zero attached hydrogens (tertiary/aromatic N) is 4. The zero-order valence-electron chi connectivity index (χ0n) is 10.7. The van der Waals surface area contributed by atoms with Crippen LogP contribution in [-0.4, -0.2) is 35.1 Å². The molecule has 7 heteroatoms. The molecule has 0 saturated carbocycles. The fraction of sp³-hybridized carbons (Fsp3) is 0.250. The van der Waals surface area contributed by atoms with Crippen LogP contribution < -0.4 is 5.73 Å². The lowest BCUT2D eigenvalue weighted by Gasteiger charge is -2.09. The molecule has 0 aliphatic rings. The van der Waals surface area contributed by atoms with Crippen LogP contribution >= 0.6 is 11.6 Å². The largest absolute Gasteiger partial charge is 0.370 e. The molecule has 0 aliphatic heterocycles. The smallest absolute Gasteiger partial charge is 0.248 e. The standard InChI is InChI=1S/C12H14ClN5O/c1-18(2)12(14)15-7-10-16-11(17-19-10)8-4-3-5-9(13)6-8/h3-6H,7H2,1-2H3,(H2,14,15). The summed E-state index contributed by atoms with van der Waals surface area (Å²) < 4.78 is 5.10. The van der Waals surface area contributed by atoms with Crippen molar-refractivity contribution in [1.29, 1.82) is 0 Å². The van der Waals surface area contributed by atoms with Crippen LogP contribution in [0, 0.1) is 0 Å². The van der Waals surface area contributed by atoms with Crippen molar-refractivity contribution in [2.24, 2.45) is 10.7 Å². The van der Waals surface area contributed by atoms with Crippen LogP contribution in [0.15, 0.2) is 33.8 Å². The molecule has 2 rings (SSSR count). The van der Waals surface area contributed by atoms with Crippen molar-refractivity contribution in [3.63, 3.8) is 0 Å². The van der Waals surface area contributed by atoms with E-state index in [1.807, 2.05) is 26.2 Å². The third-order valence-electron chi connectivity index (χ3n) is 2.39. The molecule has 0 atom stereocenters. The van der Waals surface area contributed by atoms with Crippen LogP contribution in [0.2, 0.25) is 5.02 Å². The Bertz CT molecular complexity index is 593. The van der Waals surface area contributed by atoms with E-state index in [4.69, 9.17) is 21.9 Å². The molecule has 100 valence electrons. The summed E-state index contributed by atoms with van der Waals surface area (Å²) in [6.07, 6.45) is 0. The topological polar surface area (TPSA) is 80.5 Å². The predicted octanol–water partition coefficient (Wildman–Crippen LogP) is 1.77. The average Bonchev–Trinajstić information content (AvgIpc) is 2.84. The Morgan fingerprint density at radius 1 is 1.47 bits per heavy atom. The fourth-order valence-electron chi connectivity index (χ4n) is 1.35. The first kappa shape index (κ1) is 13.4. The summed E-state index contributed by atoms with van der Waals surface area (Å²) in [5, 5.41) is 4.51. The summed E-state index contributed by atoms with van der Waals surface area (Å²) >= 11 is 5.91. The van der Waals surface area contributed by atoms with E-state index in [1.165, 1.54) is 0 Å². The highest BCUT2D eigenvalue weighted by molar-refractivity contribution is 6.30. The van der Waals surface area contributed by atoms with E-state index in [0.717, 1.165) is 5.56 Å². The zero-order valence-corrected chi connectivity index (χ0v) is 11.4. The zero-order chi connectivity index (χ0) is 13.8. The van der Waals surface area contributed by atoms with E-state index in [9.17, 15) is 0 Å². The Morgan fingerprint density at radius 3 is 2.95 bits per heavy atom. The van der Waals surface area contributed by atoms with Crippen LogP contribution in [0.4, 0.5) is 0 Å². The number of halogens is 1. The number of hydrogen-bond acceptors (Lipinski definition) is 4. The number of aliphatic imine (C=N–C) groups is 1. The number of hydrogen-bond donors (Lipinski definition) is 1. The van der Waals surface area contributed by atoms with Gasteiger partial charge in [-0.05, 0) is 12.1 Å². The van der Waals surface area contributed by atoms with Gasteiger partial charge in [0.2, 0.25) is 11.7 Å². The van der Waals surface area contributed by atoms with Gasteiger partial charge >= 0.3 is 0 Å². The quantitative estimate of drug-likeness (QED) is 0.684. The second kappa shape index (κ2) is 5.71. The number of nitrogens with two attached hydrogens (primary N) is 1. The SMILES string of the molecule is CN(C)C(N)=NCc1nc(-c2cccc(Cl)c2)no1. The lowest BCUT2D eigenvalue weighted by molar-refractivity contribution is 0.380. The maximum absolute atomic E-state index is 5.91. The minimum Gasteiger partial charge on any atom is -0.370 e. The molecule has 0 aliphatic carbocycles. The second-order valence-corrected chi connectivity index (χ2v) is 4.53. The number of benzene rings is 1. The molecular formula is C12H14ClN5O. The molecule has 0 amide bonds. The van der Waals surface area contributed by atoms with Gasteiger partial charge < -0.3 is 15.2 Å². The van der Waals surface area contributed by atoms with Gasteiger partial charge in [0.1, 0.15) is 6.54 Å². The highest BCUT2D eigenvalue weighted by Crippen LogP contribution is 2.19. The Hall–Kier alpha value is -2.08. The van der Waals surface area contributed by atoms with Gasteiger partial charge in [-0.3, -0.25) is 0 Å².